The molecule has 0 saturated heterocycles. The van der Waals surface area contributed by atoms with Crippen LogP contribution in [0, 0.1) is 0 Å². The molecule has 0 radical (unpaired) electrons. The lowest BCUT2D eigenvalue weighted by molar-refractivity contribution is -0.417. The van der Waals surface area contributed by atoms with Gasteiger partial charge in [0.05, 0.1) is 17.3 Å². The molecule has 0 saturated carbocycles. The van der Waals surface area contributed by atoms with E-state index in [1.165, 1.54) is 6.92 Å². The fraction of sp³-hybridized carbons (Fsp3) is 0.800. The summed E-state index contributed by atoms with van der Waals surface area (Å²) in [5.74, 6) is -5.94. The second-order valence-corrected chi connectivity index (χ2v) is 2.17. The number of alkyl halides is 1. The summed E-state index contributed by atoms with van der Waals surface area (Å²) in [5, 5.41) is -4.80. The van der Waals surface area contributed by atoms with E-state index in [0.29, 0.717) is 0 Å². The van der Waals surface area contributed by atoms with Gasteiger partial charge in [0.1, 0.15) is 6.42 Å². The highest BCUT2D eigenvalue weighted by molar-refractivity contribution is 5.70. The van der Waals surface area contributed by atoms with E-state index in [-0.39, 0.29) is 6.61 Å². The predicted octanol–water partition coefficient (Wildman–Crippen LogP) is 1.70. The minimum Gasteiger partial charge on any atom is -0.466 e. The van der Waals surface area contributed by atoms with Crippen molar-refractivity contribution < 1.29 is 31.8 Å². The Morgan fingerprint density at radius 3 is 2.00 bits per heavy atom. The number of rotatable bonds is 5. The zero-order valence-corrected chi connectivity index (χ0v) is 7.01. The van der Waals surface area contributed by atoms with Gasteiger partial charge in [0.15, 0.2) is 0 Å². The maximum atomic E-state index is 12.7. The third kappa shape index (κ3) is 3.07. The molecule has 0 aromatic carbocycles. The van der Waals surface area contributed by atoms with E-state index >= 15 is 0 Å². The third-order valence-corrected chi connectivity index (χ3v) is 1.19. The summed E-state index contributed by atoms with van der Waals surface area (Å²) in [6, 6.07) is 0. The minimum absolute atomic E-state index is 0.216. The molecule has 84 valence electrons. The van der Waals surface area contributed by atoms with Crippen LogP contribution in [0.2, 0.25) is 0 Å². The van der Waals surface area contributed by atoms with Crippen molar-refractivity contribution in [3.63, 3.8) is 0 Å². The van der Waals surface area contributed by atoms with Crippen molar-refractivity contribution in [2.24, 2.45) is 0 Å². The van der Waals surface area contributed by atoms with E-state index in [0.717, 1.165) is 0 Å². The Balaban J connectivity index is 4.45. The van der Waals surface area contributed by atoms with Gasteiger partial charge in [0.25, 0.3) is 0 Å². The highest BCUT2D eigenvalue weighted by Gasteiger charge is 2.50. The van der Waals surface area contributed by atoms with Crippen molar-refractivity contribution >= 4 is 5.97 Å². The second kappa shape index (κ2) is 5.05. The Labute approximate surface area is 75.6 Å². The van der Waals surface area contributed by atoms with E-state index in [1.54, 1.807) is 0 Å². The first-order chi connectivity index (χ1) is 6.34. The Bertz CT molecular complexity index is 193. The van der Waals surface area contributed by atoms with Gasteiger partial charge >= 0.3 is 11.9 Å². The van der Waals surface area contributed by atoms with E-state index < -0.39 is 29.0 Å². The topological polar surface area (TPSA) is 32.8 Å². The van der Waals surface area contributed by atoms with Crippen molar-refractivity contribution in [3.05, 3.63) is 0 Å². The lowest BCUT2D eigenvalue weighted by Gasteiger charge is -2.22. The predicted molar refractivity (Wildman–Crippen MR) is 33.2 cm³/mol. The van der Waals surface area contributed by atoms with Crippen molar-refractivity contribution in [3.8, 4) is 0 Å². The molecule has 0 aliphatic rings. The summed E-state index contributed by atoms with van der Waals surface area (Å²) in [5.41, 5.74) is 0. The van der Waals surface area contributed by atoms with Gasteiger partial charge < -0.3 is 4.74 Å². The smallest absolute Gasteiger partial charge is 0.341 e. The number of carbonyl (C=O) groups is 1. The normalized spacial score (nSPS) is 12.3. The van der Waals surface area contributed by atoms with Crippen LogP contribution < -0.4 is 0 Å². The SMILES string of the molecule is CCOC(=O)CC(F)(N(F)F)N(F)F. The molecule has 0 unspecified atom stereocenters. The molecule has 0 rings (SSSR count). The van der Waals surface area contributed by atoms with Crippen LogP contribution in [0.1, 0.15) is 13.3 Å². The van der Waals surface area contributed by atoms with Gasteiger partial charge in [-0.25, -0.2) is 0 Å². The van der Waals surface area contributed by atoms with Crippen molar-refractivity contribution in [2.45, 2.75) is 19.3 Å². The number of carbonyl (C=O) groups excluding carboxylic acids is 1. The Morgan fingerprint density at radius 1 is 1.29 bits per heavy atom. The lowest BCUT2D eigenvalue weighted by atomic mass is 10.3. The average Bonchev–Trinajstić information content (AvgIpc) is 2.03. The maximum absolute atomic E-state index is 12.7. The highest BCUT2D eigenvalue weighted by Crippen LogP contribution is 2.29. The standard InChI is InChI=1S/C5H7F5N2O2/c1-2-14-4(13)3-5(6,11(7)8)12(9)10/h2-3H2,1H3. The van der Waals surface area contributed by atoms with Crippen molar-refractivity contribution in [1.29, 1.82) is 0 Å². The number of hydrogen-bond acceptors (Lipinski definition) is 4. The average molecular weight is 222 g/mol. The van der Waals surface area contributed by atoms with Gasteiger partial charge in [-0.3, -0.25) is 4.79 Å². The molecule has 0 aliphatic heterocycles. The van der Waals surface area contributed by atoms with Crippen LogP contribution in [-0.2, 0) is 9.53 Å². The molecule has 4 nitrogen and oxygen atoms in total. The molecule has 0 amide bonds. The number of nitrogens with zero attached hydrogens (tertiary/aromatic N) is 2. The summed E-state index contributed by atoms with van der Waals surface area (Å²) in [7, 11) is 0. The van der Waals surface area contributed by atoms with Crippen molar-refractivity contribution in [1.82, 2.24) is 10.7 Å². The van der Waals surface area contributed by atoms with Crippen LogP contribution in [0.15, 0.2) is 0 Å². The number of ether oxygens (including phenoxy) is 1. The first-order valence-electron chi connectivity index (χ1n) is 3.42. The molecule has 0 aliphatic carbocycles. The molecule has 9 heteroatoms. The highest BCUT2D eigenvalue weighted by atomic mass is 19.4. The molecular formula is C5H7F5N2O2. The Morgan fingerprint density at radius 2 is 1.71 bits per heavy atom. The molecule has 0 bridgehead atoms. The van der Waals surface area contributed by atoms with Gasteiger partial charge in [-0.1, -0.05) is 17.9 Å². The van der Waals surface area contributed by atoms with Gasteiger partial charge in [-0.15, -0.1) is 0 Å². The van der Waals surface area contributed by atoms with Gasteiger partial charge in [-0.2, -0.15) is 4.39 Å². The maximum Gasteiger partial charge on any atom is 0.341 e. The molecule has 0 atom stereocenters. The Kier molecular flexibility index (Phi) is 4.71. The van der Waals surface area contributed by atoms with Crippen LogP contribution in [-0.4, -0.2) is 29.2 Å². The second-order valence-electron chi connectivity index (χ2n) is 2.17. The quantitative estimate of drug-likeness (QED) is 0.233. The van der Waals surface area contributed by atoms with Gasteiger partial charge in [0, 0.05) is 0 Å². The van der Waals surface area contributed by atoms with Crippen molar-refractivity contribution in [2.75, 3.05) is 6.61 Å². The largest absolute Gasteiger partial charge is 0.466 e. The molecule has 0 fully saturated rings. The summed E-state index contributed by atoms with van der Waals surface area (Å²) < 4.78 is 63.4. The van der Waals surface area contributed by atoms with E-state index in [1.807, 2.05) is 0 Å². The number of halogens is 5. The first kappa shape index (κ1) is 13.0. The monoisotopic (exact) mass is 222 g/mol. The van der Waals surface area contributed by atoms with E-state index in [4.69, 9.17) is 0 Å². The first-order valence-corrected chi connectivity index (χ1v) is 3.42. The van der Waals surface area contributed by atoms with Crippen LogP contribution in [0.3, 0.4) is 0 Å². The zero-order chi connectivity index (χ0) is 11.4. The summed E-state index contributed by atoms with van der Waals surface area (Å²) >= 11 is 0. The van der Waals surface area contributed by atoms with Crippen LogP contribution in [0.5, 0.6) is 0 Å². The van der Waals surface area contributed by atoms with E-state index in [2.05, 4.69) is 4.74 Å². The summed E-state index contributed by atoms with van der Waals surface area (Å²) in [6.45, 7) is 1.11. The fourth-order valence-corrected chi connectivity index (χ4v) is 0.572. The molecule has 0 aromatic heterocycles. The van der Waals surface area contributed by atoms with Crippen LogP contribution in [0.25, 0.3) is 0 Å². The number of hydrogen-bond donors (Lipinski definition) is 0. The van der Waals surface area contributed by atoms with Crippen LogP contribution in [0.4, 0.5) is 22.3 Å². The Hall–Kier alpha value is -0.960. The minimum atomic E-state index is -4.45. The molecule has 0 N–H and O–H groups in total. The molecule has 0 spiro atoms. The molecule has 0 heterocycles. The summed E-state index contributed by atoms with van der Waals surface area (Å²) in [4.78, 5) is 10.5. The number of esters is 1. The van der Waals surface area contributed by atoms with Gasteiger partial charge in [0.2, 0.25) is 0 Å². The molecule has 14 heavy (non-hydrogen) atoms. The third-order valence-electron chi connectivity index (χ3n) is 1.19. The lowest BCUT2D eigenvalue weighted by Crippen LogP contribution is -2.46. The molecule has 0 aromatic rings. The van der Waals surface area contributed by atoms with E-state index in [9.17, 15) is 27.1 Å². The zero-order valence-electron chi connectivity index (χ0n) is 7.01. The molecular weight excluding hydrogens is 215 g/mol. The fourth-order valence-electron chi connectivity index (χ4n) is 0.572. The van der Waals surface area contributed by atoms with Crippen LogP contribution >= 0.6 is 0 Å². The summed E-state index contributed by atoms with van der Waals surface area (Å²) in [6.07, 6.45) is -1.79. The van der Waals surface area contributed by atoms with Gasteiger partial charge in [-0.05, 0) is 6.92 Å².